The third-order valence-electron chi connectivity index (χ3n) is 4.86. The Hall–Kier alpha value is -2.17. The van der Waals surface area contributed by atoms with Crippen molar-refractivity contribution >= 4 is 34.5 Å². The van der Waals surface area contributed by atoms with Crippen LogP contribution in [-0.2, 0) is 10.2 Å². The minimum Gasteiger partial charge on any atom is -0.325 e. The van der Waals surface area contributed by atoms with Crippen LogP contribution in [0.25, 0.3) is 10.6 Å². The lowest BCUT2D eigenvalue weighted by atomic mass is 9.64. The maximum atomic E-state index is 13.0. The van der Waals surface area contributed by atoms with E-state index in [1.54, 1.807) is 17.5 Å². The predicted octanol–water partition coefficient (Wildman–Crippen LogP) is 5.52. The van der Waals surface area contributed by atoms with Crippen LogP contribution < -0.4 is 5.32 Å². The Morgan fingerprint density at radius 3 is 2.36 bits per heavy atom. The fourth-order valence-corrected chi connectivity index (χ4v) is 4.03. The highest BCUT2D eigenvalue weighted by molar-refractivity contribution is 7.13. The summed E-state index contributed by atoms with van der Waals surface area (Å²) in [5.41, 5.74) is 2.48. The highest BCUT2D eigenvalue weighted by Gasteiger charge is 2.45. The molecule has 1 aliphatic carbocycles. The number of thiazole rings is 1. The average molecular weight is 369 g/mol. The standard InChI is InChI=1S/C20H17ClN2OS/c21-16-6-4-15(5-7-16)20(10-1-11-20)19(24)23-17-8-2-14(3-9-17)18-22-12-13-25-18/h2-9,12-13H,1,10-11H2,(H,23,24). The fraction of sp³-hybridized carbons (Fsp3) is 0.200. The molecule has 5 heteroatoms. The van der Waals surface area contributed by atoms with Gasteiger partial charge in [-0.05, 0) is 54.8 Å². The quantitative estimate of drug-likeness (QED) is 0.658. The first-order valence-corrected chi connectivity index (χ1v) is 9.51. The molecule has 1 heterocycles. The second-order valence-corrected chi connectivity index (χ2v) is 7.64. The summed E-state index contributed by atoms with van der Waals surface area (Å²) < 4.78 is 0. The van der Waals surface area contributed by atoms with Crippen molar-refractivity contribution in [2.75, 3.05) is 5.32 Å². The van der Waals surface area contributed by atoms with Gasteiger partial charge < -0.3 is 5.32 Å². The summed E-state index contributed by atoms with van der Waals surface area (Å²) in [6.45, 7) is 0. The predicted molar refractivity (Wildman–Crippen MR) is 103 cm³/mol. The van der Waals surface area contributed by atoms with Crippen LogP contribution in [-0.4, -0.2) is 10.9 Å². The molecule has 3 aromatic rings. The lowest BCUT2D eigenvalue weighted by Gasteiger charge is -2.40. The molecule has 2 aromatic carbocycles. The Morgan fingerprint density at radius 2 is 1.80 bits per heavy atom. The molecule has 3 nitrogen and oxygen atoms in total. The highest BCUT2D eigenvalue weighted by Crippen LogP contribution is 2.45. The number of carbonyl (C=O) groups is 1. The average Bonchev–Trinajstić information content (AvgIpc) is 3.11. The number of halogens is 1. The van der Waals surface area contributed by atoms with E-state index < -0.39 is 5.41 Å². The van der Waals surface area contributed by atoms with Gasteiger partial charge in [-0.15, -0.1) is 11.3 Å². The van der Waals surface area contributed by atoms with E-state index in [1.165, 1.54) is 0 Å². The van der Waals surface area contributed by atoms with Crippen LogP contribution >= 0.6 is 22.9 Å². The molecule has 126 valence electrons. The molecule has 4 rings (SSSR count). The molecule has 0 atom stereocenters. The zero-order chi connectivity index (χ0) is 17.3. The molecule has 25 heavy (non-hydrogen) atoms. The van der Waals surface area contributed by atoms with Gasteiger partial charge in [-0.3, -0.25) is 4.79 Å². The molecule has 1 fully saturated rings. The van der Waals surface area contributed by atoms with Crippen molar-refractivity contribution in [3.8, 4) is 10.6 Å². The summed E-state index contributed by atoms with van der Waals surface area (Å²) >= 11 is 7.59. The molecule has 0 aliphatic heterocycles. The minimum atomic E-state index is -0.432. The van der Waals surface area contributed by atoms with Crippen molar-refractivity contribution in [2.24, 2.45) is 0 Å². The molecular formula is C20H17ClN2OS. The smallest absolute Gasteiger partial charge is 0.235 e. The molecule has 1 amide bonds. The van der Waals surface area contributed by atoms with Gasteiger partial charge in [0, 0.05) is 27.9 Å². The van der Waals surface area contributed by atoms with Gasteiger partial charge in [0.2, 0.25) is 5.91 Å². The number of anilines is 1. The van der Waals surface area contributed by atoms with Crippen molar-refractivity contribution in [3.05, 3.63) is 70.7 Å². The van der Waals surface area contributed by atoms with Crippen LogP contribution in [0.1, 0.15) is 24.8 Å². The van der Waals surface area contributed by atoms with Gasteiger partial charge in [0.1, 0.15) is 5.01 Å². The molecule has 1 aliphatic rings. The van der Waals surface area contributed by atoms with E-state index in [4.69, 9.17) is 11.6 Å². The molecule has 0 spiro atoms. The molecule has 1 aromatic heterocycles. The maximum absolute atomic E-state index is 13.0. The normalized spacial score (nSPS) is 15.4. The third kappa shape index (κ3) is 3.08. The number of nitrogens with one attached hydrogen (secondary N) is 1. The van der Waals surface area contributed by atoms with Gasteiger partial charge in [0.15, 0.2) is 0 Å². The Labute approximate surface area is 155 Å². The minimum absolute atomic E-state index is 0.0584. The van der Waals surface area contributed by atoms with Gasteiger partial charge in [0.25, 0.3) is 0 Å². The molecule has 1 saturated carbocycles. The Morgan fingerprint density at radius 1 is 1.08 bits per heavy atom. The van der Waals surface area contributed by atoms with Gasteiger partial charge in [0.05, 0.1) is 5.41 Å². The van der Waals surface area contributed by atoms with Crippen molar-refractivity contribution < 1.29 is 4.79 Å². The summed E-state index contributed by atoms with van der Waals surface area (Å²) in [6, 6.07) is 15.5. The first-order chi connectivity index (χ1) is 12.2. The van der Waals surface area contributed by atoms with Crippen LogP contribution in [0, 0.1) is 0 Å². The molecule has 1 N–H and O–H groups in total. The Kier molecular flexibility index (Phi) is 4.32. The topological polar surface area (TPSA) is 42.0 Å². The van der Waals surface area contributed by atoms with Crippen LogP contribution in [0.2, 0.25) is 5.02 Å². The second kappa shape index (κ2) is 6.62. The van der Waals surface area contributed by atoms with E-state index >= 15 is 0 Å². The molecular weight excluding hydrogens is 352 g/mol. The van der Waals surface area contributed by atoms with Gasteiger partial charge in [-0.2, -0.15) is 0 Å². The Bertz CT molecular complexity index is 869. The molecule has 0 saturated heterocycles. The zero-order valence-electron chi connectivity index (χ0n) is 13.5. The molecule has 0 radical (unpaired) electrons. The first-order valence-electron chi connectivity index (χ1n) is 8.25. The van der Waals surface area contributed by atoms with Crippen LogP contribution in [0.3, 0.4) is 0 Å². The second-order valence-electron chi connectivity index (χ2n) is 6.31. The van der Waals surface area contributed by atoms with Crippen molar-refractivity contribution in [1.82, 2.24) is 4.98 Å². The number of amides is 1. The lowest BCUT2D eigenvalue weighted by Crippen LogP contribution is -2.45. The number of carbonyl (C=O) groups excluding carboxylic acids is 1. The van der Waals surface area contributed by atoms with E-state index in [2.05, 4.69) is 10.3 Å². The summed E-state index contributed by atoms with van der Waals surface area (Å²) in [5, 5.41) is 6.71. The highest BCUT2D eigenvalue weighted by atomic mass is 35.5. The summed E-state index contributed by atoms with van der Waals surface area (Å²) in [6.07, 6.45) is 4.61. The fourth-order valence-electron chi connectivity index (χ4n) is 3.26. The van der Waals surface area contributed by atoms with Crippen molar-refractivity contribution in [1.29, 1.82) is 0 Å². The first kappa shape index (κ1) is 16.3. The van der Waals surface area contributed by atoms with Crippen LogP contribution in [0.5, 0.6) is 0 Å². The number of hydrogen-bond acceptors (Lipinski definition) is 3. The summed E-state index contributed by atoms with van der Waals surface area (Å²) in [4.78, 5) is 17.3. The summed E-state index contributed by atoms with van der Waals surface area (Å²) in [5.74, 6) is 0.0584. The van der Waals surface area contributed by atoms with Crippen molar-refractivity contribution in [3.63, 3.8) is 0 Å². The molecule has 0 bridgehead atoms. The van der Waals surface area contributed by atoms with E-state index in [1.807, 2.05) is 53.9 Å². The zero-order valence-corrected chi connectivity index (χ0v) is 15.1. The van der Waals surface area contributed by atoms with E-state index in [0.717, 1.165) is 41.1 Å². The number of aromatic nitrogens is 1. The maximum Gasteiger partial charge on any atom is 0.235 e. The lowest BCUT2D eigenvalue weighted by molar-refractivity contribution is -0.124. The SMILES string of the molecule is O=C(Nc1ccc(-c2nccs2)cc1)C1(c2ccc(Cl)cc2)CCC1. The largest absolute Gasteiger partial charge is 0.325 e. The van der Waals surface area contributed by atoms with Crippen LogP contribution in [0.15, 0.2) is 60.1 Å². The van der Waals surface area contributed by atoms with Gasteiger partial charge >= 0.3 is 0 Å². The van der Waals surface area contributed by atoms with Gasteiger partial charge in [-0.1, -0.05) is 30.2 Å². The number of benzene rings is 2. The van der Waals surface area contributed by atoms with E-state index in [0.29, 0.717) is 5.02 Å². The van der Waals surface area contributed by atoms with E-state index in [-0.39, 0.29) is 5.91 Å². The summed E-state index contributed by atoms with van der Waals surface area (Å²) in [7, 11) is 0. The van der Waals surface area contributed by atoms with E-state index in [9.17, 15) is 4.79 Å². The third-order valence-corrected chi connectivity index (χ3v) is 5.93. The number of nitrogens with zero attached hydrogens (tertiary/aromatic N) is 1. The number of rotatable bonds is 4. The molecule has 0 unspecified atom stereocenters. The number of hydrogen-bond donors (Lipinski definition) is 1. The van der Waals surface area contributed by atoms with Gasteiger partial charge in [-0.25, -0.2) is 4.98 Å². The Balaban J connectivity index is 1.53. The monoisotopic (exact) mass is 368 g/mol. The van der Waals surface area contributed by atoms with Crippen molar-refractivity contribution in [2.45, 2.75) is 24.7 Å². The van der Waals surface area contributed by atoms with Crippen LogP contribution in [0.4, 0.5) is 5.69 Å².